The molecule has 0 aliphatic rings. The first-order valence-corrected chi connectivity index (χ1v) is 8.26. The number of nitrogens with zero attached hydrogens (tertiary/aromatic N) is 5. The molecule has 0 radical (unpaired) electrons. The molecule has 0 aliphatic heterocycles. The van der Waals surface area contributed by atoms with E-state index in [9.17, 15) is 0 Å². The van der Waals surface area contributed by atoms with Crippen LogP contribution in [0.3, 0.4) is 0 Å². The molecule has 1 N–H and O–H groups in total. The quantitative estimate of drug-likeness (QED) is 0.458. The summed E-state index contributed by atoms with van der Waals surface area (Å²) in [6.07, 6.45) is 5.20. The number of para-hydroxylation sites is 2. The Balaban J connectivity index is 1.56. The van der Waals surface area contributed by atoms with Gasteiger partial charge in [0.05, 0.1) is 17.2 Å². The Morgan fingerprint density at radius 3 is 2.79 bits per heavy atom. The summed E-state index contributed by atoms with van der Waals surface area (Å²) < 4.78 is 2.05. The molecule has 24 heavy (non-hydrogen) atoms. The molecule has 0 fully saturated rings. The second-order valence-corrected chi connectivity index (χ2v) is 6.03. The number of benzene rings is 1. The van der Waals surface area contributed by atoms with E-state index < -0.39 is 0 Å². The van der Waals surface area contributed by atoms with E-state index in [1.165, 1.54) is 11.3 Å². The first-order valence-electron chi connectivity index (χ1n) is 7.38. The van der Waals surface area contributed by atoms with Gasteiger partial charge in [0.1, 0.15) is 5.69 Å². The van der Waals surface area contributed by atoms with Crippen LogP contribution in [0, 0.1) is 0 Å². The number of imidazole rings is 1. The van der Waals surface area contributed by atoms with Crippen molar-refractivity contribution in [2.24, 2.45) is 12.1 Å². The lowest BCUT2D eigenvalue weighted by molar-refractivity contribution is 0.953. The molecule has 118 valence electrons. The number of aryl methyl sites for hydroxylation is 1. The summed E-state index contributed by atoms with van der Waals surface area (Å²) in [5, 5.41) is 6.90. The van der Waals surface area contributed by atoms with Gasteiger partial charge in [-0.25, -0.2) is 9.97 Å². The first kappa shape index (κ1) is 14.5. The van der Waals surface area contributed by atoms with Crippen molar-refractivity contribution in [3.05, 3.63) is 59.7 Å². The molecule has 0 spiro atoms. The fraction of sp³-hybridized carbons (Fsp3) is 0.0588. The minimum absolute atomic E-state index is 0.724. The molecular formula is C17H14N6S. The van der Waals surface area contributed by atoms with Gasteiger partial charge in [0.2, 0.25) is 5.13 Å². The van der Waals surface area contributed by atoms with Crippen molar-refractivity contribution in [2.45, 2.75) is 0 Å². The summed E-state index contributed by atoms with van der Waals surface area (Å²) in [5.41, 5.74) is 6.82. The molecule has 3 heterocycles. The SMILES string of the molecule is Cn1c(-c2csc(N/N=C\c3ccncc3)n2)nc2ccccc21. The maximum atomic E-state index is 4.66. The first-order chi connectivity index (χ1) is 11.8. The Morgan fingerprint density at radius 1 is 1.12 bits per heavy atom. The van der Waals surface area contributed by atoms with Crippen LogP contribution in [0.5, 0.6) is 0 Å². The maximum Gasteiger partial charge on any atom is 0.203 e. The summed E-state index contributed by atoms with van der Waals surface area (Å²) >= 11 is 1.50. The average molecular weight is 334 g/mol. The topological polar surface area (TPSA) is 68.0 Å². The number of pyridine rings is 1. The highest BCUT2D eigenvalue weighted by molar-refractivity contribution is 7.14. The minimum Gasteiger partial charge on any atom is -0.326 e. The highest BCUT2D eigenvalue weighted by Crippen LogP contribution is 2.26. The normalized spacial score (nSPS) is 11.4. The number of hydrogen-bond donors (Lipinski definition) is 1. The fourth-order valence-corrected chi connectivity index (χ4v) is 3.05. The van der Waals surface area contributed by atoms with Gasteiger partial charge in [0.15, 0.2) is 5.82 Å². The second-order valence-electron chi connectivity index (χ2n) is 5.17. The van der Waals surface area contributed by atoms with E-state index in [2.05, 4.69) is 36.1 Å². The molecule has 7 heteroatoms. The zero-order chi connectivity index (χ0) is 16.4. The highest BCUT2D eigenvalue weighted by Gasteiger charge is 2.12. The van der Waals surface area contributed by atoms with Crippen LogP contribution in [0.25, 0.3) is 22.6 Å². The third kappa shape index (κ3) is 2.77. The van der Waals surface area contributed by atoms with Crippen molar-refractivity contribution in [3.8, 4) is 11.5 Å². The summed E-state index contributed by atoms with van der Waals surface area (Å²) in [4.78, 5) is 13.2. The minimum atomic E-state index is 0.724. The summed E-state index contributed by atoms with van der Waals surface area (Å²) in [5.74, 6) is 0.846. The van der Waals surface area contributed by atoms with Crippen LogP contribution >= 0.6 is 11.3 Å². The maximum absolute atomic E-state index is 4.66. The van der Waals surface area contributed by atoms with Crippen molar-refractivity contribution in [2.75, 3.05) is 5.43 Å². The van der Waals surface area contributed by atoms with Crippen LogP contribution in [0.2, 0.25) is 0 Å². The van der Waals surface area contributed by atoms with E-state index >= 15 is 0 Å². The molecule has 4 aromatic rings. The summed E-state index contributed by atoms with van der Waals surface area (Å²) in [7, 11) is 2.00. The van der Waals surface area contributed by atoms with Crippen molar-refractivity contribution >= 4 is 33.7 Å². The second kappa shape index (κ2) is 6.21. The van der Waals surface area contributed by atoms with Gasteiger partial charge in [-0.2, -0.15) is 5.10 Å². The van der Waals surface area contributed by atoms with Gasteiger partial charge in [-0.3, -0.25) is 10.4 Å². The Labute approximate surface area is 142 Å². The van der Waals surface area contributed by atoms with Gasteiger partial charge in [0.25, 0.3) is 0 Å². The van der Waals surface area contributed by atoms with Gasteiger partial charge in [-0.05, 0) is 29.8 Å². The van der Waals surface area contributed by atoms with Crippen molar-refractivity contribution < 1.29 is 0 Å². The fourth-order valence-electron chi connectivity index (χ4n) is 2.41. The van der Waals surface area contributed by atoms with Crippen LogP contribution in [0.4, 0.5) is 5.13 Å². The van der Waals surface area contributed by atoms with Crippen molar-refractivity contribution in [1.82, 2.24) is 19.5 Å². The molecule has 0 unspecified atom stereocenters. The van der Waals surface area contributed by atoms with E-state index in [1.54, 1.807) is 18.6 Å². The molecule has 4 rings (SSSR count). The lowest BCUT2D eigenvalue weighted by Gasteiger charge is -1.98. The van der Waals surface area contributed by atoms with Crippen LogP contribution < -0.4 is 5.43 Å². The molecule has 0 aliphatic carbocycles. The molecule has 1 aromatic carbocycles. The van der Waals surface area contributed by atoms with E-state index in [0.717, 1.165) is 33.2 Å². The van der Waals surface area contributed by atoms with Crippen LogP contribution in [0.15, 0.2) is 59.3 Å². The summed E-state index contributed by atoms with van der Waals surface area (Å²) in [6, 6.07) is 11.8. The van der Waals surface area contributed by atoms with Crippen molar-refractivity contribution in [1.29, 1.82) is 0 Å². The number of fused-ring (bicyclic) bond motifs is 1. The summed E-state index contributed by atoms with van der Waals surface area (Å²) in [6.45, 7) is 0. The largest absolute Gasteiger partial charge is 0.326 e. The number of thiazole rings is 1. The van der Waals surface area contributed by atoms with E-state index in [4.69, 9.17) is 0 Å². The molecule has 0 amide bonds. The molecule has 0 bridgehead atoms. The smallest absolute Gasteiger partial charge is 0.203 e. The van der Waals surface area contributed by atoms with Gasteiger partial charge in [0, 0.05) is 24.8 Å². The zero-order valence-corrected chi connectivity index (χ0v) is 13.7. The lowest BCUT2D eigenvalue weighted by atomic mass is 10.3. The number of nitrogens with one attached hydrogen (secondary N) is 1. The molecule has 0 saturated heterocycles. The number of rotatable bonds is 4. The van der Waals surface area contributed by atoms with Crippen LogP contribution in [-0.4, -0.2) is 25.7 Å². The van der Waals surface area contributed by atoms with Gasteiger partial charge in [-0.1, -0.05) is 12.1 Å². The lowest BCUT2D eigenvalue weighted by Crippen LogP contribution is -1.94. The predicted octanol–water partition coefficient (Wildman–Crippen LogP) is 3.54. The Hall–Kier alpha value is -3.06. The third-order valence-corrected chi connectivity index (χ3v) is 4.35. The van der Waals surface area contributed by atoms with E-state index in [0.29, 0.717) is 0 Å². The molecule has 0 saturated carbocycles. The van der Waals surface area contributed by atoms with E-state index in [1.807, 2.05) is 42.8 Å². The number of hydrogen-bond acceptors (Lipinski definition) is 6. The Kier molecular flexibility index (Phi) is 3.76. The van der Waals surface area contributed by atoms with E-state index in [-0.39, 0.29) is 0 Å². The Morgan fingerprint density at radius 2 is 1.96 bits per heavy atom. The number of anilines is 1. The Bertz CT molecular complexity index is 1000. The van der Waals surface area contributed by atoms with Crippen LogP contribution in [0.1, 0.15) is 5.56 Å². The van der Waals surface area contributed by atoms with Crippen molar-refractivity contribution in [3.63, 3.8) is 0 Å². The monoisotopic (exact) mass is 334 g/mol. The average Bonchev–Trinajstić information content (AvgIpc) is 3.21. The number of hydrazone groups is 1. The molecular weight excluding hydrogens is 320 g/mol. The molecule has 6 nitrogen and oxygen atoms in total. The van der Waals surface area contributed by atoms with Gasteiger partial charge in [-0.15, -0.1) is 11.3 Å². The van der Waals surface area contributed by atoms with Gasteiger partial charge >= 0.3 is 0 Å². The predicted molar refractivity (Wildman–Crippen MR) is 97.3 cm³/mol. The third-order valence-electron chi connectivity index (χ3n) is 3.60. The molecule has 3 aromatic heterocycles. The highest BCUT2D eigenvalue weighted by atomic mass is 32.1. The number of aromatic nitrogens is 4. The van der Waals surface area contributed by atoms with Gasteiger partial charge < -0.3 is 4.57 Å². The van der Waals surface area contributed by atoms with Crippen LogP contribution in [-0.2, 0) is 7.05 Å². The zero-order valence-electron chi connectivity index (χ0n) is 12.9. The standard InChI is InChI=1S/C17H14N6S/c1-23-15-5-3-2-4-13(15)20-16(23)14-11-24-17(21-14)22-19-10-12-6-8-18-9-7-12/h2-11H,1H3,(H,21,22)/b19-10-. The molecule has 0 atom stereocenters.